The third-order valence-electron chi connectivity index (χ3n) is 3.86. The van der Waals surface area contributed by atoms with Crippen LogP contribution in [0, 0.1) is 6.92 Å². The standard InChI is InChI=1S/C22H30O5S/c1-20-15-17-21(18-16-20)28(24,25)27-19-13-11-9-7-5-3-4-6-8-10-12-14-22(23)26-2/h3,5-6,8-9,11,15-18H,4,7,10,12-14,19H2,1-2H3/b5-3-,8-6-,11-9-. The number of aryl methyl sites for hydroxylation is 1. The smallest absolute Gasteiger partial charge is 0.305 e. The zero-order valence-electron chi connectivity index (χ0n) is 16.7. The van der Waals surface area contributed by atoms with E-state index < -0.39 is 10.1 Å². The fraction of sp³-hybridized carbons (Fsp3) is 0.409. The molecule has 0 fully saturated rings. The molecule has 0 unspecified atom stereocenters. The van der Waals surface area contributed by atoms with Crippen molar-refractivity contribution in [3.63, 3.8) is 0 Å². The van der Waals surface area contributed by atoms with E-state index in [0.29, 0.717) is 12.8 Å². The molecule has 0 aromatic heterocycles. The van der Waals surface area contributed by atoms with Gasteiger partial charge >= 0.3 is 5.97 Å². The molecule has 1 rings (SSSR count). The summed E-state index contributed by atoms with van der Waals surface area (Å²) in [5.41, 5.74) is 1.00. The maximum Gasteiger partial charge on any atom is 0.305 e. The van der Waals surface area contributed by atoms with Gasteiger partial charge in [0.25, 0.3) is 10.1 Å². The van der Waals surface area contributed by atoms with Crippen LogP contribution >= 0.6 is 0 Å². The normalized spacial score (nSPS) is 12.4. The molecular weight excluding hydrogens is 376 g/mol. The van der Waals surface area contributed by atoms with Gasteiger partial charge in [-0.2, -0.15) is 8.42 Å². The lowest BCUT2D eigenvalue weighted by Gasteiger charge is -2.04. The molecular formula is C22H30O5S. The molecule has 0 aliphatic heterocycles. The van der Waals surface area contributed by atoms with Crippen LogP contribution in [-0.4, -0.2) is 28.1 Å². The van der Waals surface area contributed by atoms with Crippen molar-refractivity contribution >= 4 is 16.1 Å². The minimum Gasteiger partial charge on any atom is -0.469 e. The van der Waals surface area contributed by atoms with E-state index in [4.69, 9.17) is 4.18 Å². The molecule has 5 nitrogen and oxygen atoms in total. The van der Waals surface area contributed by atoms with Gasteiger partial charge in [0.2, 0.25) is 0 Å². The van der Waals surface area contributed by atoms with Crippen LogP contribution in [0.15, 0.2) is 65.6 Å². The van der Waals surface area contributed by atoms with Gasteiger partial charge in [-0.1, -0.05) is 54.2 Å². The number of benzene rings is 1. The van der Waals surface area contributed by atoms with Crippen LogP contribution in [0.1, 0.15) is 44.1 Å². The summed E-state index contributed by atoms with van der Waals surface area (Å²) in [4.78, 5) is 11.1. The van der Waals surface area contributed by atoms with E-state index in [2.05, 4.69) is 29.0 Å². The van der Waals surface area contributed by atoms with E-state index in [-0.39, 0.29) is 17.5 Å². The number of unbranched alkanes of at least 4 members (excludes halogenated alkanes) is 1. The number of rotatable bonds is 13. The number of esters is 1. The Labute approximate surface area is 168 Å². The number of allylic oxidation sites excluding steroid dienone is 5. The second kappa shape index (κ2) is 13.9. The first-order chi connectivity index (χ1) is 13.5. The average molecular weight is 407 g/mol. The molecule has 0 saturated heterocycles. The molecule has 0 radical (unpaired) electrons. The Kier molecular flexibility index (Phi) is 11.9. The monoisotopic (exact) mass is 406 g/mol. The highest BCUT2D eigenvalue weighted by Crippen LogP contribution is 2.13. The first-order valence-electron chi connectivity index (χ1n) is 9.43. The third-order valence-corrected chi connectivity index (χ3v) is 5.18. The molecule has 6 heteroatoms. The Morgan fingerprint density at radius 3 is 2.11 bits per heavy atom. The number of carbonyl (C=O) groups excluding carboxylic acids is 1. The van der Waals surface area contributed by atoms with E-state index in [9.17, 15) is 13.2 Å². The minimum atomic E-state index is -3.68. The van der Waals surface area contributed by atoms with E-state index in [0.717, 1.165) is 31.2 Å². The molecule has 0 spiro atoms. The van der Waals surface area contributed by atoms with Crippen LogP contribution in [0.3, 0.4) is 0 Å². The lowest BCUT2D eigenvalue weighted by atomic mass is 10.2. The van der Waals surface area contributed by atoms with Gasteiger partial charge in [0.05, 0.1) is 18.6 Å². The third kappa shape index (κ3) is 10.8. The first-order valence-corrected chi connectivity index (χ1v) is 10.8. The zero-order valence-corrected chi connectivity index (χ0v) is 17.5. The molecule has 0 aliphatic rings. The van der Waals surface area contributed by atoms with Crippen molar-refractivity contribution in [3.05, 3.63) is 66.3 Å². The highest BCUT2D eigenvalue weighted by Gasteiger charge is 2.13. The molecule has 0 N–H and O–H groups in total. The van der Waals surface area contributed by atoms with Crippen molar-refractivity contribution in [1.82, 2.24) is 0 Å². The average Bonchev–Trinajstić information content (AvgIpc) is 2.68. The summed E-state index contributed by atoms with van der Waals surface area (Å²) in [5.74, 6) is -0.168. The fourth-order valence-electron chi connectivity index (χ4n) is 2.24. The summed E-state index contributed by atoms with van der Waals surface area (Å²) < 4.78 is 33.6. The predicted octanol–water partition coefficient (Wildman–Crippen LogP) is 4.88. The Hall–Kier alpha value is -2.18. The number of hydrogen-bond donors (Lipinski definition) is 0. The van der Waals surface area contributed by atoms with E-state index in [1.54, 1.807) is 24.3 Å². The Balaban J connectivity index is 2.11. The summed E-state index contributed by atoms with van der Waals surface area (Å²) in [5, 5.41) is 0. The SMILES string of the molecule is COC(=O)CCC/C=C\C/C=C\C/C=C\CCOS(=O)(=O)c1ccc(C)cc1. The number of hydrogen-bond acceptors (Lipinski definition) is 5. The molecule has 0 aliphatic carbocycles. The van der Waals surface area contributed by atoms with Crippen molar-refractivity contribution in [1.29, 1.82) is 0 Å². The fourth-order valence-corrected chi connectivity index (χ4v) is 3.16. The minimum absolute atomic E-state index is 0.130. The first kappa shape index (κ1) is 23.9. The molecule has 0 amide bonds. The molecule has 0 bridgehead atoms. The quantitative estimate of drug-likeness (QED) is 0.202. The zero-order chi connectivity index (χ0) is 20.7. The maximum atomic E-state index is 12.0. The van der Waals surface area contributed by atoms with Crippen molar-refractivity contribution in [2.24, 2.45) is 0 Å². The Morgan fingerprint density at radius 2 is 1.50 bits per heavy atom. The van der Waals surface area contributed by atoms with Crippen molar-refractivity contribution < 1.29 is 22.1 Å². The van der Waals surface area contributed by atoms with Gasteiger partial charge in [-0.3, -0.25) is 8.98 Å². The topological polar surface area (TPSA) is 69.7 Å². The van der Waals surface area contributed by atoms with E-state index >= 15 is 0 Å². The second-order valence-corrected chi connectivity index (χ2v) is 7.85. The summed E-state index contributed by atoms with van der Waals surface area (Å²) in [6, 6.07) is 6.61. The van der Waals surface area contributed by atoms with Gasteiger partial charge in [-0.15, -0.1) is 0 Å². The lowest BCUT2D eigenvalue weighted by Crippen LogP contribution is -2.07. The van der Waals surface area contributed by atoms with Gasteiger partial charge < -0.3 is 4.74 Å². The summed E-state index contributed by atoms with van der Waals surface area (Å²) in [6.07, 6.45) is 16.5. The van der Waals surface area contributed by atoms with Crippen LogP contribution in [0.5, 0.6) is 0 Å². The van der Waals surface area contributed by atoms with Crippen LogP contribution in [0.25, 0.3) is 0 Å². The van der Waals surface area contributed by atoms with Crippen molar-refractivity contribution in [2.45, 2.75) is 50.3 Å². The number of methoxy groups -OCH3 is 1. The van der Waals surface area contributed by atoms with Gasteiger partial charge in [-0.05, 0) is 51.2 Å². The molecule has 0 atom stereocenters. The predicted molar refractivity (Wildman–Crippen MR) is 111 cm³/mol. The number of carbonyl (C=O) groups is 1. The van der Waals surface area contributed by atoms with Gasteiger partial charge in [0.15, 0.2) is 0 Å². The highest BCUT2D eigenvalue weighted by molar-refractivity contribution is 7.86. The Morgan fingerprint density at radius 1 is 0.929 bits per heavy atom. The molecule has 28 heavy (non-hydrogen) atoms. The van der Waals surface area contributed by atoms with Crippen molar-refractivity contribution in [2.75, 3.05) is 13.7 Å². The van der Waals surface area contributed by atoms with E-state index in [1.165, 1.54) is 7.11 Å². The van der Waals surface area contributed by atoms with Crippen LogP contribution in [-0.2, 0) is 23.8 Å². The van der Waals surface area contributed by atoms with Crippen LogP contribution in [0.2, 0.25) is 0 Å². The van der Waals surface area contributed by atoms with Gasteiger partial charge in [0.1, 0.15) is 0 Å². The molecule has 1 aromatic carbocycles. The second-order valence-electron chi connectivity index (χ2n) is 6.23. The van der Waals surface area contributed by atoms with Gasteiger partial charge in [0, 0.05) is 6.42 Å². The molecule has 1 aromatic rings. The number of ether oxygens (including phenoxy) is 1. The summed E-state index contributed by atoms with van der Waals surface area (Å²) in [7, 11) is -2.28. The maximum absolute atomic E-state index is 12.0. The van der Waals surface area contributed by atoms with Gasteiger partial charge in [-0.25, -0.2) is 0 Å². The summed E-state index contributed by atoms with van der Waals surface area (Å²) in [6.45, 7) is 2.03. The van der Waals surface area contributed by atoms with Crippen molar-refractivity contribution in [3.8, 4) is 0 Å². The molecule has 0 heterocycles. The Bertz CT molecular complexity index is 759. The molecule has 154 valence electrons. The summed E-state index contributed by atoms with van der Waals surface area (Å²) >= 11 is 0. The van der Waals surface area contributed by atoms with Crippen LogP contribution < -0.4 is 0 Å². The lowest BCUT2D eigenvalue weighted by molar-refractivity contribution is -0.140. The van der Waals surface area contributed by atoms with Crippen LogP contribution in [0.4, 0.5) is 0 Å². The molecule has 0 saturated carbocycles. The van der Waals surface area contributed by atoms with E-state index in [1.807, 2.05) is 19.1 Å². The highest BCUT2D eigenvalue weighted by atomic mass is 32.2. The largest absolute Gasteiger partial charge is 0.469 e.